The van der Waals surface area contributed by atoms with E-state index in [1.165, 1.54) is 5.56 Å². The van der Waals surface area contributed by atoms with Gasteiger partial charge in [-0.15, -0.1) is 0 Å². The molecule has 1 fully saturated rings. The van der Waals surface area contributed by atoms with Gasteiger partial charge in [0.2, 0.25) is 0 Å². The van der Waals surface area contributed by atoms with Gasteiger partial charge >= 0.3 is 0 Å². The first kappa shape index (κ1) is 15.9. The topological polar surface area (TPSA) is 6.48 Å². The standard InChI is InChI=1S/C17H17Cl3N2/c18-14-3-1-2-13(10-14)12-21-6-8-22(9-7-21)15-4-5-16(19)17(20)11-15/h1-5,10-11H,6-9,12H2. The molecular weight excluding hydrogens is 339 g/mol. The highest BCUT2D eigenvalue weighted by molar-refractivity contribution is 6.42. The third-order valence-electron chi connectivity index (χ3n) is 3.94. The molecule has 3 rings (SSSR count). The summed E-state index contributed by atoms with van der Waals surface area (Å²) >= 11 is 18.1. The van der Waals surface area contributed by atoms with Gasteiger partial charge < -0.3 is 4.90 Å². The van der Waals surface area contributed by atoms with Crippen molar-refractivity contribution in [3.05, 3.63) is 63.1 Å². The highest BCUT2D eigenvalue weighted by atomic mass is 35.5. The van der Waals surface area contributed by atoms with Crippen LogP contribution in [0.25, 0.3) is 0 Å². The van der Waals surface area contributed by atoms with Crippen LogP contribution in [0.1, 0.15) is 5.56 Å². The molecule has 1 aliphatic rings. The second-order valence-corrected chi connectivity index (χ2v) is 6.74. The Labute approximate surface area is 146 Å². The number of benzene rings is 2. The molecule has 0 amide bonds. The number of halogens is 3. The molecular formula is C17H17Cl3N2. The number of hydrogen-bond acceptors (Lipinski definition) is 2. The minimum atomic E-state index is 0.602. The van der Waals surface area contributed by atoms with Gasteiger partial charge in [-0.3, -0.25) is 4.90 Å². The molecule has 0 aliphatic carbocycles. The normalized spacial score (nSPS) is 16.0. The number of nitrogens with zero attached hydrogens (tertiary/aromatic N) is 2. The molecule has 2 aromatic rings. The van der Waals surface area contributed by atoms with Gasteiger partial charge in [0.25, 0.3) is 0 Å². The monoisotopic (exact) mass is 354 g/mol. The Morgan fingerprint density at radius 1 is 0.818 bits per heavy atom. The maximum atomic E-state index is 6.10. The van der Waals surface area contributed by atoms with Gasteiger partial charge in [-0.2, -0.15) is 0 Å². The number of anilines is 1. The molecule has 0 saturated carbocycles. The van der Waals surface area contributed by atoms with Crippen molar-refractivity contribution in [2.24, 2.45) is 0 Å². The van der Waals surface area contributed by atoms with Crippen LogP contribution < -0.4 is 4.90 Å². The highest BCUT2D eigenvalue weighted by Crippen LogP contribution is 2.28. The Bertz CT molecular complexity index is 652. The fraction of sp³-hybridized carbons (Fsp3) is 0.294. The maximum absolute atomic E-state index is 6.10. The summed E-state index contributed by atoms with van der Waals surface area (Å²) in [5.41, 5.74) is 2.40. The van der Waals surface area contributed by atoms with Crippen LogP contribution >= 0.6 is 34.8 Å². The molecule has 0 aromatic heterocycles. The van der Waals surface area contributed by atoms with E-state index in [0.29, 0.717) is 10.0 Å². The lowest BCUT2D eigenvalue weighted by Gasteiger charge is -2.36. The van der Waals surface area contributed by atoms with Gasteiger partial charge in [0, 0.05) is 43.4 Å². The van der Waals surface area contributed by atoms with E-state index >= 15 is 0 Å². The SMILES string of the molecule is Clc1cccc(CN2CCN(c3ccc(Cl)c(Cl)c3)CC2)c1. The first-order valence-electron chi connectivity index (χ1n) is 7.28. The van der Waals surface area contributed by atoms with E-state index in [2.05, 4.69) is 15.9 Å². The van der Waals surface area contributed by atoms with Crippen LogP contribution in [-0.2, 0) is 6.54 Å². The summed E-state index contributed by atoms with van der Waals surface area (Å²) in [6, 6.07) is 13.9. The molecule has 0 N–H and O–H groups in total. The second-order valence-electron chi connectivity index (χ2n) is 5.49. The molecule has 2 nitrogen and oxygen atoms in total. The predicted molar refractivity (Wildman–Crippen MR) is 95.4 cm³/mol. The Hall–Kier alpha value is -0.930. The molecule has 22 heavy (non-hydrogen) atoms. The Kier molecular flexibility index (Phi) is 5.14. The maximum Gasteiger partial charge on any atom is 0.0612 e. The van der Waals surface area contributed by atoms with E-state index in [1.54, 1.807) is 0 Å². The Balaban J connectivity index is 1.59. The average Bonchev–Trinajstić information content (AvgIpc) is 2.51. The largest absolute Gasteiger partial charge is 0.369 e. The fourth-order valence-electron chi connectivity index (χ4n) is 2.74. The molecule has 0 bridgehead atoms. The zero-order chi connectivity index (χ0) is 15.5. The average molecular weight is 356 g/mol. The van der Waals surface area contributed by atoms with Gasteiger partial charge in [-0.05, 0) is 35.9 Å². The van der Waals surface area contributed by atoms with Gasteiger partial charge in [0.05, 0.1) is 10.0 Å². The summed E-state index contributed by atoms with van der Waals surface area (Å²) in [7, 11) is 0. The van der Waals surface area contributed by atoms with E-state index in [0.717, 1.165) is 43.4 Å². The molecule has 2 aromatic carbocycles. The molecule has 1 heterocycles. The van der Waals surface area contributed by atoms with Crippen LogP contribution in [0.15, 0.2) is 42.5 Å². The molecule has 0 unspecified atom stereocenters. The van der Waals surface area contributed by atoms with E-state index in [4.69, 9.17) is 34.8 Å². The minimum Gasteiger partial charge on any atom is -0.369 e. The quantitative estimate of drug-likeness (QED) is 0.767. The van der Waals surface area contributed by atoms with E-state index in [9.17, 15) is 0 Å². The summed E-state index contributed by atoms with van der Waals surface area (Å²) in [6.45, 7) is 4.95. The predicted octanol–water partition coefficient (Wildman–Crippen LogP) is 4.97. The van der Waals surface area contributed by atoms with Crippen molar-refractivity contribution in [3.8, 4) is 0 Å². The van der Waals surface area contributed by atoms with Crippen LogP contribution in [0.3, 0.4) is 0 Å². The van der Waals surface area contributed by atoms with E-state index < -0.39 is 0 Å². The number of hydrogen-bond donors (Lipinski definition) is 0. The van der Waals surface area contributed by atoms with Crippen molar-refractivity contribution in [3.63, 3.8) is 0 Å². The van der Waals surface area contributed by atoms with Gasteiger partial charge in [0.1, 0.15) is 0 Å². The van der Waals surface area contributed by atoms with Crippen LogP contribution in [0, 0.1) is 0 Å². The first-order valence-corrected chi connectivity index (χ1v) is 8.42. The van der Waals surface area contributed by atoms with Crippen molar-refractivity contribution in [1.82, 2.24) is 4.90 Å². The lowest BCUT2D eigenvalue weighted by molar-refractivity contribution is 0.250. The summed E-state index contributed by atoms with van der Waals surface area (Å²) in [5.74, 6) is 0. The van der Waals surface area contributed by atoms with Gasteiger partial charge in [-0.25, -0.2) is 0 Å². The molecule has 116 valence electrons. The fourth-order valence-corrected chi connectivity index (χ4v) is 3.24. The Morgan fingerprint density at radius 3 is 2.27 bits per heavy atom. The summed E-state index contributed by atoms with van der Waals surface area (Å²) in [5, 5.41) is 2.01. The lowest BCUT2D eigenvalue weighted by atomic mass is 10.2. The van der Waals surface area contributed by atoms with E-state index in [-0.39, 0.29) is 0 Å². The minimum absolute atomic E-state index is 0.602. The highest BCUT2D eigenvalue weighted by Gasteiger charge is 2.18. The molecule has 0 spiro atoms. The van der Waals surface area contributed by atoms with Crippen LogP contribution in [0.2, 0.25) is 15.1 Å². The van der Waals surface area contributed by atoms with Crippen LogP contribution in [0.4, 0.5) is 5.69 Å². The molecule has 1 saturated heterocycles. The van der Waals surface area contributed by atoms with Crippen molar-refractivity contribution in [2.75, 3.05) is 31.1 Å². The summed E-state index contributed by atoms with van der Waals surface area (Å²) in [4.78, 5) is 4.79. The summed E-state index contributed by atoms with van der Waals surface area (Å²) in [6.07, 6.45) is 0. The zero-order valence-electron chi connectivity index (χ0n) is 12.1. The molecule has 5 heteroatoms. The third-order valence-corrected chi connectivity index (χ3v) is 4.91. The van der Waals surface area contributed by atoms with Crippen molar-refractivity contribution >= 4 is 40.5 Å². The Morgan fingerprint density at radius 2 is 1.59 bits per heavy atom. The van der Waals surface area contributed by atoms with Gasteiger partial charge in [-0.1, -0.05) is 46.9 Å². The number of rotatable bonds is 3. The molecule has 0 atom stereocenters. The number of piperazine rings is 1. The van der Waals surface area contributed by atoms with Gasteiger partial charge in [0.15, 0.2) is 0 Å². The van der Waals surface area contributed by atoms with E-state index in [1.807, 2.05) is 36.4 Å². The lowest BCUT2D eigenvalue weighted by Crippen LogP contribution is -2.45. The zero-order valence-corrected chi connectivity index (χ0v) is 14.4. The smallest absolute Gasteiger partial charge is 0.0612 e. The van der Waals surface area contributed by atoms with Crippen LogP contribution in [-0.4, -0.2) is 31.1 Å². The van der Waals surface area contributed by atoms with Crippen molar-refractivity contribution in [2.45, 2.75) is 6.54 Å². The molecule has 0 radical (unpaired) electrons. The first-order chi connectivity index (χ1) is 10.6. The van der Waals surface area contributed by atoms with Crippen molar-refractivity contribution in [1.29, 1.82) is 0 Å². The third kappa shape index (κ3) is 3.88. The molecule has 1 aliphatic heterocycles. The second kappa shape index (κ2) is 7.10. The van der Waals surface area contributed by atoms with Crippen LogP contribution in [0.5, 0.6) is 0 Å². The van der Waals surface area contributed by atoms with Crippen molar-refractivity contribution < 1.29 is 0 Å². The summed E-state index contributed by atoms with van der Waals surface area (Å²) < 4.78 is 0.